The van der Waals surface area contributed by atoms with Gasteiger partial charge in [0.2, 0.25) is 17.7 Å². The Kier molecular flexibility index (Phi) is 11.0. The third-order valence-electron chi connectivity index (χ3n) is 8.45. The number of carboxylic acid groups (broad SMARTS) is 1. The van der Waals surface area contributed by atoms with Gasteiger partial charge in [0.15, 0.2) is 0 Å². The standard InChI is InChI=1S/C31H32FN5O7S2.Na.H/c1-2-35-13-21(28(40)20-11-22(32)25(12-24(20)35)36-7-5-34(17-38)6-8-36)31(43)44-15-18-16-46-29-23(14-37(29)27(18)30(41)42)33-26(39)10-19-4-3-9-45-19;;/h3-4,9,11-13,17,23,29H,2,5-8,10,14-16H2,1H3,(H,33,39)(H,41,42);;/q;+1;-1/t23?,29-;;/m1../s1. The van der Waals surface area contributed by atoms with Crippen molar-refractivity contribution < 1.29 is 64.4 Å². The van der Waals surface area contributed by atoms with E-state index in [0.717, 1.165) is 17.4 Å². The Morgan fingerprint density at radius 3 is 2.64 bits per heavy atom. The number of nitrogens with one attached hydrogen (secondary N) is 1. The second-order valence-corrected chi connectivity index (χ2v) is 13.4. The summed E-state index contributed by atoms with van der Waals surface area (Å²) in [5.74, 6) is -2.58. The number of carbonyl (C=O) groups excluding carboxylic acids is 3. The molecule has 47 heavy (non-hydrogen) atoms. The van der Waals surface area contributed by atoms with Gasteiger partial charge in [-0.1, -0.05) is 6.07 Å². The minimum absolute atomic E-state index is 0. The molecule has 0 bridgehead atoms. The summed E-state index contributed by atoms with van der Waals surface area (Å²) in [6, 6.07) is 6.26. The molecule has 0 saturated carbocycles. The van der Waals surface area contributed by atoms with Crippen LogP contribution >= 0.6 is 23.1 Å². The van der Waals surface area contributed by atoms with Crippen molar-refractivity contribution in [3.8, 4) is 0 Å². The summed E-state index contributed by atoms with van der Waals surface area (Å²) in [6.07, 6.45) is 2.41. The molecule has 5 heterocycles. The van der Waals surface area contributed by atoms with E-state index < -0.39 is 23.2 Å². The first kappa shape index (κ1) is 35.0. The van der Waals surface area contributed by atoms with Crippen LogP contribution in [0.5, 0.6) is 0 Å². The Hall–Kier alpha value is -3.37. The van der Waals surface area contributed by atoms with Gasteiger partial charge in [-0.25, -0.2) is 14.0 Å². The van der Waals surface area contributed by atoms with Crippen molar-refractivity contribution in [3.63, 3.8) is 0 Å². The Balaban J connectivity index is 0.00000260. The van der Waals surface area contributed by atoms with E-state index in [2.05, 4.69) is 5.32 Å². The van der Waals surface area contributed by atoms with E-state index in [9.17, 15) is 29.1 Å². The van der Waals surface area contributed by atoms with E-state index in [1.165, 1.54) is 29.3 Å². The average Bonchev–Trinajstić information content (AvgIpc) is 3.55. The maximum absolute atomic E-state index is 15.3. The van der Waals surface area contributed by atoms with Gasteiger partial charge in [-0.2, -0.15) is 0 Å². The number of piperazine rings is 1. The van der Waals surface area contributed by atoms with Gasteiger partial charge in [0.1, 0.15) is 23.7 Å². The molecule has 2 atom stereocenters. The van der Waals surface area contributed by atoms with Gasteiger partial charge in [-0.3, -0.25) is 14.4 Å². The van der Waals surface area contributed by atoms with Gasteiger partial charge in [-0.15, -0.1) is 23.1 Å². The summed E-state index contributed by atoms with van der Waals surface area (Å²) in [7, 11) is 0. The minimum atomic E-state index is -1.17. The van der Waals surface area contributed by atoms with Gasteiger partial charge in [0.05, 0.1) is 29.0 Å². The number of aromatic nitrogens is 1. The predicted molar refractivity (Wildman–Crippen MR) is 173 cm³/mol. The number of thioether (sulfide) groups is 1. The van der Waals surface area contributed by atoms with Crippen molar-refractivity contribution in [1.29, 1.82) is 0 Å². The number of carbonyl (C=O) groups is 4. The summed E-state index contributed by atoms with van der Waals surface area (Å²) in [5, 5.41) is 14.7. The normalized spacial score (nSPS) is 19.1. The van der Waals surface area contributed by atoms with E-state index >= 15 is 4.39 Å². The molecular formula is C31H33FN5NaO7S2. The Labute approximate surface area is 301 Å². The molecule has 12 nitrogen and oxygen atoms in total. The largest absolute Gasteiger partial charge is 1.00 e. The molecule has 16 heteroatoms. The number of ether oxygens (including phenoxy) is 1. The molecule has 6 rings (SSSR count). The molecule has 2 saturated heterocycles. The van der Waals surface area contributed by atoms with Gasteiger partial charge in [-0.05, 0) is 30.5 Å². The second-order valence-electron chi connectivity index (χ2n) is 11.2. The van der Waals surface area contributed by atoms with Crippen molar-refractivity contribution in [2.45, 2.75) is 31.3 Å². The molecule has 2 N–H and O–H groups in total. The van der Waals surface area contributed by atoms with E-state index in [1.807, 2.05) is 29.3 Å². The zero-order valence-electron chi connectivity index (χ0n) is 26.9. The molecule has 3 aliphatic rings. The predicted octanol–water partition coefficient (Wildman–Crippen LogP) is -0.772. The fraction of sp³-hybridized carbons (Fsp3) is 0.387. The molecule has 2 aromatic heterocycles. The number of thiophene rings is 1. The van der Waals surface area contributed by atoms with Crippen LogP contribution in [0, 0.1) is 5.82 Å². The summed E-state index contributed by atoms with van der Waals surface area (Å²) in [4.78, 5) is 68.5. The van der Waals surface area contributed by atoms with Crippen molar-refractivity contribution in [1.82, 2.24) is 19.7 Å². The molecule has 0 aliphatic carbocycles. The molecule has 2 amide bonds. The zero-order chi connectivity index (χ0) is 32.5. The van der Waals surface area contributed by atoms with Gasteiger partial charge in [0, 0.05) is 67.1 Å². The van der Waals surface area contributed by atoms with Crippen LogP contribution in [0.4, 0.5) is 10.1 Å². The number of aliphatic carboxylic acids is 1. The number of hydrogen-bond acceptors (Lipinski definition) is 10. The molecule has 0 spiro atoms. The van der Waals surface area contributed by atoms with E-state index in [1.54, 1.807) is 20.4 Å². The number of fused-ring (bicyclic) bond motifs is 2. The third-order valence-corrected chi connectivity index (χ3v) is 10.8. The van der Waals surface area contributed by atoms with Crippen LogP contribution in [-0.4, -0.2) is 100 Å². The van der Waals surface area contributed by atoms with E-state index in [-0.39, 0.29) is 83.7 Å². The van der Waals surface area contributed by atoms with E-state index in [0.29, 0.717) is 56.0 Å². The van der Waals surface area contributed by atoms with Crippen LogP contribution in [0.15, 0.2) is 51.9 Å². The smallest absolute Gasteiger partial charge is 1.00 e. The number of benzene rings is 1. The maximum Gasteiger partial charge on any atom is 1.00 e. The summed E-state index contributed by atoms with van der Waals surface area (Å²) >= 11 is 2.94. The number of pyridine rings is 1. The summed E-state index contributed by atoms with van der Waals surface area (Å²) < 4.78 is 22.5. The molecule has 0 radical (unpaired) electrons. The number of nitrogens with zero attached hydrogens (tertiary/aromatic N) is 4. The first-order valence-corrected chi connectivity index (χ1v) is 16.7. The van der Waals surface area contributed by atoms with Crippen LogP contribution < -0.4 is 45.2 Å². The Bertz CT molecular complexity index is 1800. The fourth-order valence-corrected chi connectivity index (χ4v) is 8.10. The van der Waals surface area contributed by atoms with Crippen LogP contribution in [0.25, 0.3) is 10.9 Å². The molecule has 1 unspecified atom stereocenters. The number of halogens is 1. The van der Waals surface area contributed by atoms with Crippen LogP contribution in [0.2, 0.25) is 0 Å². The minimum Gasteiger partial charge on any atom is -1.00 e. The molecule has 244 valence electrons. The number of rotatable bonds is 10. The molecule has 3 aromatic rings. The Morgan fingerprint density at radius 1 is 1.21 bits per heavy atom. The van der Waals surface area contributed by atoms with Gasteiger partial charge in [0.25, 0.3) is 0 Å². The Morgan fingerprint density at radius 2 is 1.98 bits per heavy atom. The quantitative estimate of drug-likeness (QED) is 0.158. The topological polar surface area (TPSA) is 141 Å². The van der Waals surface area contributed by atoms with Crippen LogP contribution in [-0.2, 0) is 32.1 Å². The first-order chi connectivity index (χ1) is 22.2. The number of amides is 2. The number of hydrogen-bond donors (Lipinski definition) is 2. The monoisotopic (exact) mass is 693 g/mol. The van der Waals surface area contributed by atoms with Crippen molar-refractivity contribution in [3.05, 3.63) is 73.6 Å². The van der Waals surface area contributed by atoms with Crippen molar-refractivity contribution in [2.24, 2.45) is 0 Å². The average molecular weight is 694 g/mol. The first-order valence-electron chi connectivity index (χ1n) is 14.8. The molecular weight excluding hydrogens is 660 g/mol. The van der Waals surface area contributed by atoms with Crippen molar-refractivity contribution in [2.75, 3.05) is 50.0 Å². The SMILES string of the molecule is CCn1cc(C(=O)OCC2=C(C(=O)O)N3CC(NC(=O)Cc4cccs4)[C@H]3SC2)c(=O)c2cc(F)c(N3CCN(C=O)CC3)cc21.[H-].[Na+]. The van der Waals surface area contributed by atoms with E-state index in [4.69, 9.17) is 4.74 Å². The van der Waals surface area contributed by atoms with Gasteiger partial charge < -0.3 is 35.9 Å². The van der Waals surface area contributed by atoms with Gasteiger partial charge >= 0.3 is 41.5 Å². The van der Waals surface area contributed by atoms with Crippen LogP contribution in [0.3, 0.4) is 0 Å². The zero-order valence-corrected chi connectivity index (χ0v) is 29.6. The maximum atomic E-state index is 15.3. The van der Waals surface area contributed by atoms with Crippen molar-refractivity contribution >= 4 is 63.9 Å². The number of carboxylic acids is 1. The molecule has 1 aromatic carbocycles. The summed E-state index contributed by atoms with van der Waals surface area (Å²) in [6.45, 7) is 3.97. The summed E-state index contributed by atoms with van der Waals surface area (Å²) in [5.41, 5.74) is 0.207. The number of anilines is 1. The third kappa shape index (κ3) is 7.09. The second kappa shape index (κ2) is 14.8. The van der Waals surface area contributed by atoms with Crippen LogP contribution in [0.1, 0.15) is 23.6 Å². The number of aryl methyl sites for hydroxylation is 1. The fourth-order valence-electron chi connectivity index (χ4n) is 6.04. The molecule has 2 fully saturated rings. The number of esters is 1. The molecule has 3 aliphatic heterocycles.